The summed E-state index contributed by atoms with van der Waals surface area (Å²) < 4.78 is 20.4. The number of hydrogen-bond donors (Lipinski definition) is 0. The Kier molecular flexibility index (Phi) is 4.00. The van der Waals surface area contributed by atoms with E-state index in [4.69, 9.17) is 18.9 Å². The minimum Gasteiger partial charge on any atom is -0.457 e. The van der Waals surface area contributed by atoms with Crippen molar-refractivity contribution < 1.29 is 28.5 Å². The Hall–Kier alpha value is -2.70. The fourth-order valence-corrected chi connectivity index (χ4v) is 3.75. The summed E-state index contributed by atoms with van der Waals surface area (Å²) in [5.41, 5.74) is 8.04. The molecule has 0 bridgehead atoms. The van der Waals surface area contributed by atoms with Crippen molar-refractivity contribution in [3.05, 3.63) is 68.8 Å². The van der Waals surface area contributed by atoms with Gasteiger partial charge in [-0.25, -0.2) is 9.59 Å². The van der Waals surface area contributed by atoms with Crippen LogP contribution < -0.4 is 0 Å². The van der Waals surface area contributed by atoms with E-state index in [2.05, 4.69) is 0 Å². The van der Waals surface area contributed by atoms with Crippen LogP contribution in [-0.4, -0.2) is 25.2 Å². The Morgan fingerprint density at radius 1 is 0.714 bits per heavy atom. The third-order valence-corrected chi connectivity index (χ3v) is 5.50. The molecule has 0 N–H and O–H groups in total. The van der Waals surface area contributed by atoms with Crippen LogP contribution in [0.5, 0.6) is 0 Å². The van der Waals surface area contributed by atoms with E-state index in [1.807, 2.05) is 38.1 Å². The summed E-state index contributed by atoms with van der Waals surface area (Å²) in [5, 5.41) is 0. The van der Waals surface area contributed by atoms with Gasteiger partial charge in [0.2, 0.25) is 0 Å². The molecule has 0 saturated carbocycles. The van der Waals surface area contributed by atoms with Gasteiger partial charge in [-0.3, -0.25) is 0 Å². The van der Waals surface area contributed by atoms with E-state index in [0.29, 0.717) is 24.3 Å². The van der Waals surface area contributed by atoms with Crippen LogP contribution in [0.25, 0.3) is 0 Å². The molecule has 2 saturated heterocycles. The maximum absolute atomic E-state index is 11.3. The van der Waals surface area contributed by atoms with Gasteiger partial charge < -0.3 is 18.9 Å². The fraction of sp³-hybridized carbons (Fsp3) is 0.364. The molecule has 2 atom stereocenters. The maximum atomic E-state index is 11.3. The van der Waals surface area contributed by atoms with E-state index in [0.717, 1.165) is 35.5 Å². The standard InChI is InChI=1S/2C11H10O3/c2*1-6-2-9-7(4-14-11(9)12)3-8(6)10-5-13-10/h2*2-3,10H,4-5H2,1H3/t2*10-/m10/s1. The molecule has 0 unspecified atom stereocenters. The average Bonchev–Trinajstić information content (AvgIpc) is 3.60. The lowest BCUT2D eigenvalue weighted by atomic mass is 9.99. The Morgan fingerprint density at radius 2 is 1.11 bits per heavy atom. The Bertz CT molecular complexity index is 919. The summed E-state index contributed by atoms with van der Waals surface area (Å²) in [6, 6.07) is 7.88. The van der Waals surface area contributed by atoms with E-state index in [-0.39, 0.29) is 24.1 Å². The average molecular weight is 380 g/mol. The Balaban J connectivity index is 0.000000122. The lowest BCUT2D eigenvalue weighted by Crippen LogP contribution is -1.96. The van der Waals surface area contributed by atoms with E-state index in [1.54, 1.807) is 0 Å². The number of hydrogen-bond acceptors (Lipinski definition) is 6. The quantitative estimate of drug-likeness (QED) is 0.586. The number of benzene rings is 2. The minimum atomic E-state index is -0.202. The monoisotopic (exact) mass is 380 g/mol. The highest BCUT2D eigenvalue weighted by atomic mass is 16.6. The normalized spacial score (nSPS) is 23.2. The van der Waals surface area contributed by atoms with Gasteiger partial charge >= 0.3 is 11.9 Å². The molecular weight excluding hydrogens is 360 g/mol. The van der Waals surface area contributed by atoms with Crippen LogP contribution in [0.2, 0.25) is 0 Å². The van der Waals surface area contributed by atoms with Crippen LogP contribution in [0.15, 0.2) is 24.3 Å². The molecular formula is C22H20O6. The van der Waals surface area contributed by atoms with Gasteiger partial charge in [-0.2, -0.15) is 0 Å². The van der Waals surface area contributed by atoms with Gasteiger partial charge in [0.05, 0.1) is 24.3 Å². The van der Waals surface area contributed by atoms with Gasteiger partial charge in [0.25, 0.3) is 0 Å². The number of rotatable bonds is 2. The number of aryl methyl sites for hydroxylation is 2. The number of ether oxygens (including phenoxy) is 4. The molecule has 144 valence electrons. The van der Waals surface area contributed by atoms with Crippen LogP contribution in [0.1, 0.15) is 66.3 Å². The molecule has 2 fully saturated rings. The first-order valence-electron chi connectivity index (χ1n) is 9.35. The molecule has 4 heterocycles. The topological polar surface area (TPSA) is 77.7 Å². The van der Waals surface area contributed by atoms with Crippen molar-refractivity contribution in [3.63, 3.8) is 0 Å². The zero-order valence-corrected chi connectivity index (χ0v) is 15.7. The van der Waals surface area contributed by atoms with Gasteiger partial charge in [0.1, 0.15) is 25.4 Å². The third kappa shape index (κ3) is 3.08. The summed E-state index contributed by atoms with van der Waals surface area (Å²) in [6.45, 7) is 6.43. The second kappa shape index (κ2) is 6.43. The van der Waals surface area contributed by atoms with Crippen molar-refractivity contribution in [1.29, 1.82) is 0 Å². The first-order valence-corrected chi connectivity index (χ1v) is 9.35. The maximum Gasteiger partial charge on any atom is 0.338 e. The predicted octanol–water partition coefficient (Wildman–Crippen LogP) is 3.47. The van der Waals surface area contributed by atoms with Gasteiger partial charge in [-0.1, -0.05) is 0 Å². The lowest BCUT2D eigenvalue weighted by molar-refractivity contribution is 0.0526. The second-order valence-corrected chi connectivity index (χ2v) is 7.53. The summed E-state index contributed by atoms with van der Waals surface area (Å²) in [7, 11) is 0. The number of carbonyl (C=O) groups is 2. The molecule has 0 radical (unpaired) electrons. The van der Waals surface area contributed by atoms with Crippen LogP contribution >= 0.6 is 0 Å². The van der Waals surface area contributed by atoms with Crippen molar-refractivity contribution in [1.82, 2.24) is 0 Å². The van der Waals surface area contributed by atoms with Crippen molar-refractivity contribution in [3.8, 4) is 0 Å². The number of fused-ring (bicyclic) bond motifs is 2. The molecule has 2 aromatic carbocycles. The highest BCUT2D eigenvalue weighted by molar-refractivity contribution is 5.94. The summed E-state index contributed by atoms with van der Waals surface area (Å²) in [6.07, 6.45) is 0.493. The molecule has 6 nitrogen and oxygen atoms in total. The largest absolute Gasteiger partial charge is 0.457 e. The van der Waals surface area contributed by atoms with E-state index in [1.165, 1.54) is 11.1 Å². The van der Waals surface area contributed by atoms with Crippen molar-refractivity contribution in [2.45, 2.75) is 39.3 Å². The summed E-state index contributed by atoms with van der Waals surface area (Å²) in [4.78, 5) is 22.5. The first-order chi connectivity index (χ1) is 13.5. The zero-order chi connectivity index (χ0) is 19.4. The molecule has 0 amide bonds. The predicted molar refractivity (Wildman–Crippen MR) is 98.0 cm³/mol. The Labute approximate surface area is 162 Å². The molecule has 0 spiro atoms. The molecule has 0 aliphatic carbocycles. The first kappa shape index (κ1) is 17.4. The van der Waals surface area contributed by atoms with E-state index in [9.17, 15) is 9.59 Å². The van der Waals surface area contributed by atoms with Crippen molar-refractivity contribution >= 4 is 11.9 Å². The number of cyclic esters (lactones) is 2. The smallest absolute Gasteiger partial charge is 0.338 e. The minimum absolute atomic E-state index is 0.202. The zero-order valence-electron chi connectivity index (χ0n) is 15.7. The number of carbonyl (C=O) groups excluding carboxylic acids is 2. The molecule has 28 heavy (non-hydrogen) atoms. The molecule has 4 aliphatic heterocycles. The van der Waals surface area contributed by atoms with Gasteiger partial charge in [0, 0.05) is 11.1 Å². The van der Waals surface area contributed by atoms with E-state index >= 15 is 0 Å². The summed E-state index contributed by atoms with van der Waals surface area (Å²) in [5.74, 6) is -0.405. The van der Waals surface area contributed by atoms with Crippen LogP contribution in [0, 0.1) is 13.8 Å². The van der Waals surface area contributed by atoms with Crippen LogP contribution in [-0.2, 0) is 32.2 Å². The molecule has 6 heteroatoms. The molecule has 4 aliphatic rings. The van der Waals surface area contributed by atoms with Crippen LogP contribution in [0.4, 0.5) is 0 Å². The number of esters is 2. The van der Waals surface area contributed by atoms with Crippen molar-refractivity contribution in [2.24, 2.45) is 0 Å². The number of epoxide rings is 2. The van der Waals surface area contributed by atoms with Gasteiger partial charge in [-0.05, 0) is 60.4 Å². The van der Waals surface area contributed by atoms with E-state index < -0.39 is 0 Å². The molecule has 0 aromatic heterocycles. The Morgan fingerprint density at radius 3 is 1.46 bits per heavy atom. The molecule has 2 aromatic rings. The van der Waals surface area contributed by atoms with Crippen LogP contribution in [0.3, 0.4) is 0 Å². The highest BCUT2D eigenvalue weighted by Crippen LogP contribution is 2.36. The van der Waals surface area contributed by atoms with Gasteiger partial charge in [0.15, 0.2) is 0 Å². The lowest BCUT2D eigenvalue weighted by Gasteiger charge is -2.03. The van der Waals surface area contributed by atoms with Crippen molar-refractivity contribution in [2.75, 3.05) is 13.2 Å². The second-order valence-electron chi connectivity index (χ2n) is 7.53. The van der Waals surface area contributed by atoms with Gasteiger partial charge in [-0.15, -0.1) is 0 Å². The third-order valence-electron chi connectivity index (χ3n) is 5.50. The SMILES string of the molecule is Cc1cc2c(cc1[C@@H]1CO1)COC2=O.Cc1cc2c(cc1[C@H]1CO1)COC2=O. The fourth-order valence-electron chi connectivity index (χ4n) is 3.75. The highest BCUT2D eigenvalue weighted by Gasteiger charge is 2.31. The summed E-state index contributed by atoms with van der Waals surface area (Å²) >= 11 is 0. The molecule has 6 rings (SSSR count).